The minimum absolute atomic E-state index is 0.0676. The van der Waals surface area contributed by atoms with Crippen molar-refractivity contribution in [2.24, 2.45) is 4.99 Å². The van der Waals surface area contributed by atoms with E-state index >= 15 is 0 Å². The lowest BCUT2D eigenvalue weighted by atomic mass is 10.1. The molecule has 0 spiro atoms. The number of anilines is 1. The number of nitrogens with zero attached hydrogens (tertiary/aromatic N) is 2. The molecule has 1 N–H and O–H groups in total. The number of aryl methyl sites for hydroxylation is 2. The van der Waals surface area contributed by atoms with Gasteiger partial charge in [0.2, 0.25) is 11.8 Å². The summed E-state index contributed by atoms with van der Waals surface area (Å²) >= 11 is 1.36. The SMILES string of the molecule is CCCN1C(=O)C(CC(=O)Nc2ccccc2OC)SC1=Nc1c(C)cccc1C. The molecule has 1 atom stereocenters. The molecule has 1 unspecified atom stereocenters. The van der Waals surface area contributed by atoms with Crippen LogP contribution in [0.3, 0.4) is 0 Å². The summed E-state index contributed by atoms with van der Waals surface area (Å²) in [6.45, 7) is 6.63. The number of amidine groups is 1. The number of methoxy groups -OCH3 is 1. The van der Waals surface area contributed by atoms with Gasteiger partial charge < -0.3 is 10.1 Å². The van der Waals surface area contributed by atoms with Crippen LogP contribution in [0.5, 0.6) is 5.75 Å². The van der Waals surface area contributed by atoms with E-state index in [0.29, 0.717) is 23.1 Å². The smallest absolute Gasteiger partial charge is 0.242 e. The zero-order chi connectivity index (χ0) is 21.7. The van der Waals surface area contributed by atoms with Crippen molar-refractivity contribution in [3.63, 3.8) is 0 Å². The van der Waals surface area contributed by atoms with E-state index in [2.05, 4.69) is 5.32 Å². The fourth-order valence-corrected chi connectivity index (χ4v) is 4.52. The number of hydrogen-bond donors (Lipinski definition) is 1. The number of para-hydroxylation sites is 3. The summed E-state index contributed by atoms with van der Waals surface area (Å²) in [6.07, 6.45) is 0.895. The van der Waals surface area contributed by atoms with Gasteiger partial charge in [-0.15, -0.1) is 0 Å². The average molecular weight is 426 g/mol. The Morgan fingerprint density at radius 1 is 1.17 bits per heavy atom. The molecule has 158 valence electrons. The molecule has 6 nitrogen and oxygen atoms in total. The molecule has 1 saturated heterocycles. The Labute approximate surface area is 181 Å². The second-order valence-corrected chi connectivity index (χ2v) is 8.35. The second-order valence-electron chi connectivity index (χ2n) is 7.18. The normalized spacial score (nSPS) is 17.5. The standard InChI is InChI=1S/C23H27N3O3S/c1-5-13-26-22(28)19(14-20(27)24-17-11-6-7-12-18(17)29-4)30-23(26)25-21-15(2)9-8-10-16(21)3/h6-12,19H,5,13-14H2,1-4H3,(H,24,27). The summed E-state index contributed by atoms with van der Waals surface area (Å²) in [5, 5.41) is 3.02. The van der Waals surface area contributed by atoms with Crippen molar-refractivity contribution in [1.29, 1.82) is 0 Å². The van der Waals surface area contributed by atoms with Crippen LogP contribution in [0.1, 0.15) is 30.9 Å². The number of carbonyl (C=O) groups excluding carboxylic acids is 2. The monoisotopic (exact) mass is 425 g/mol. The summed E-state index contributed by atoms with van der Waals surface area (Å²) in [5.41, 5.74) is 3.59. The second kappa shape index (κ2) is 9.80. The molecule has 2 aromatic rings. The Balaban J connectivity index is 1.79. The van der Waals surface area contributed by atoms with E-state index in [1.807, 2.05) is 51.1 Å². The lowest BCUT2D eigenvalue weighted by Crippen LogP contribution is -2.34. The summed E-state index contributed by atoms with van der Waals surface area (Å²) in [4.78, 5) is 32.1. The Morgan fingerprint density at radius 2 is 1.87 bits per heavy atom. The highest BCUT2D eigenvalue weighted by molar-refractivity contribution is 8.15. The number of aliphatic imine (C=N–C) groups is 1. The van der Waals surface area contributed by atoms with Crippen molar-refractivity contribution in [1.82, 2.24) is 4.90 Å². The van der Waals surface area contributed by atoms with E-state index in [4.69, 9.17) is 9.73 Å². The molecule has 0 bridgehead atoms. The molecule has 0 aliphatic carbocycles. The Hall–Kier alpha value is -2.80. The first-order valence-electron chi connectivity index (χ1n) is 10.0. The van der Waals surface area contributed by atoms with Crippen LogP contribution in [0, 0.1) is 13.8 Å². The zero-order valence-electron chi connectivity index (χ0n) is 17.8. The highest BCUT2D eigenvalue weighted by atomic mass is 32.2. The van der Waals surface area contributed by atoms with Gasteiger partial charge in [-0.2, -0.15) is 0 Å². The molecule has 1 heterocycles. The third kappa shape index (κ3) is 4.84. The van der Waals surface area contributed by atoms with Crippen LogP contribution in [-0.2, 0) is 9.59 Å². The van der Waals surface area contributed by atoms with E-state index in [1.54, 1.807) is 24.1 Å². The van der Waals surface area contributed by atoms with E-state index in [-0.39, 0.29) is 18.2 Å². The highest BCUT2D eigenvalue weighted by Gasteiger charge is 2.38. The van der Waals surface area contributed by atoms with Crippen LogP contribution in [0.2, 0.25) is 0 Å². The summed E-state index contributed by atoms with van der Waals surface area (Å²) < 4.78 is 5.28. The fourth-order valence-electron chi connectivity index (χ4n) is 3.35. The summed E-state index contributed by atoms with van der Waals surface area (Å²) in [7, 11) is 1.56. The van der Waals surface area contributed by atoms with E-state index in [1.165, 1.54) is 11.8 Å². The Kier molecular flexibility index (Phi) is 7.15. The van der Waals surface area contributed by atoms with Gasteiger partial charge in [0.1, 0.15) is 11.0 Å². The first-order valence-corrected chi connectivity index (χ1v) is 10.9. The van der Waals surface area contributed by atoms with Gasteiger partial charge in [0, 0.05) is 13.0 Å². The maximum atomic E-state index is 13.0. The van der Waals surface area contributed by atoms with Crippen molar-refractivity contribution in [3.05, 3.63) is 53.6 Å². The molecule has 1 aliphatic heterocycles. The van der Waals surface area contributed by atoms with Gasteiger partial charge in [-0.3, -0.25) is 14.5 Å². The maximum absolute atomic E-state index is 13.0. The number of benzene rings is 2. The predicted octanol–water partition coefficient (Wildman–Crippen LogP) is 4.68. The van der Waals surface area contributed by atoms with Crippen LogP contribution in [0.15, 0.2) is 47.5 Å². The van der Waals surface area contributed by atoms with Crippen LogP contribution >= 0.6 is 11.8 Å². The van der Waals surface area contributed by atoms with E-state index < -0.39 is 5.25 Å². The molecule has 2 aromatic carbocycles. The van der Waals surface area contributed by atoms with E-state index in [0.717, 1.165) is 23.2 Å². The van der Waals surface area contributed by atoms with Gasteiger partial charge in [-0.1, -0.05) is 49.0 Å². The molecule has 1 aliphatic rings. The number of carbonyl (C=O) groups is 2. The largest absolute Gasteiger partial charge is 0.495 e. The third-order valence-electron chi connectivity index (χ3n) is 4.87. The fraction of sp³-hybridized carbons (Fsp3) is 0.348. The van der Waals surface area contributed by atoms with E-state index in [9.17, 15) is 9.59 Å². The van der Waals surface area contributed by atoms with Gasteiger partial charge in [-0.25, -0.2) is 4.99 Å². The average Bonchev–Trinajstić information content (AvgIpc) is 3.00. The van der Waals surface area contributed by atoms with Crippen molar-refractivity contribution in [2.75, 3.05) is 19.0 Å². The molecule has 3 rings (SSSR count). The lowest BCUT2D eigenvalue weighted by molar-refractivity contribution is -0.128. The topological polar surface area (TPSA) is 71.0 Å². The number of nitrogens with one attached hydrogen (secondary N) is 1. The molecule has 0 radical (unpaired) electrons. The van der Waals surface area contributed by atoms with Gasteiger partial charge in [-0.05, 0) is 43.5 Å². The van der Waals surface area contributed by atoms with Gasteiger partial charge in [0.25, 0.3) is 0 Å². The number of amides is 2. The summed E-state index contributed by atoms with van der Waals surface area (Å²) in [5.74, 6) is 0.290. The van der Waals surface area contributed by atoms with Crippen LogP contribution in [0.25, 0.3) is 0 Å². The first kappa shape index (κ1) is 21.9. The van der Waals surface area contributed by atoms with Gasteiger partial charge in [0.15, 0.2) is 5.17 Å². The molecule has 1 fully saturated rings. The molecule has 0 aromatic heterocycles. The van der Waals surface area contributed by atoms with Crippen LogP contribution in [-0.4, -0.2) is 40.8 Å². The zero-order valence-corrected chi connectivity index (χ0v) is 18.6. The molecule has 7 heteroatoms. The van der Waals surface area contributed by atoms with Gasteiger partial charge in [0.05, 0.1) is 18.5 Å². The van der Waals surface area contributed by atoms with Crippen molar-refractivity contribution < 1.29 is 14.3 Å². The number of ether oxygens (including phenoxy) is 1. The molecule has 30 heavy (non-hydrogen) atoms. The summed E-state index contributed by atoms with van der Waals surface area (Å²) in [6, 6.07) is 13.2. The van der Waals surface area contributed by atoms with Crippen LogP contribution < -0.4 is 10.1 Å². The lowest BCUT2D eigenvalue weighted by Gasteiger charge is -2.16. The third-order valence-corrected chi connectivity index (χ3v) is 6.04. The quantitative estimate of drug-likeness (QED) is 0.699. The number of rotatable bonds is 7. The van der Waals surface area contributed by atoms with Crippen LogP contribution in [0.4, 0.5) is 11.4 Å². The Morgan fingerprint density at radius 3 is 2.53 bits per heavy atom. The van der Waals surface area contributed by atoms with Crippen molar-refractivity contribution in [2.45, 2.75) is 38.9 Å². The first-order chi connectivity index (χ1) is 14.4. The number of thioether (sulfide) groups is 1. The minimum Gasteiger partial charge on any atom is -0.495 e. The van der Waals surface area contributed by atoms with Crippen molar-refractivity contribution in [3.8, 4) is 5.75 Å². The molecule has 0 saturated carbocycles. The van der Waals surface area contributed by atoms with Crippen molar-refractivity contribution >= 4 is 40.1 Å². The molecular formula is C23H27N3O3S. The highest BCUT2D eigenvalue weighted by Crippen LogP contribution is 2.34. The predicted molar refractivity (Wildman–Crippen MR) is 123 cm³/mol. The minimum atomic E-state index is -0.491. The number of hydrogen-bond acceptors (Lipinski definition) is 5. The molecule has 2 amide bonds. The van der Waals surface area contributed by atoms with Gasteiger partial charge >= 0.3 is 0 Å². The molecular weight excluding hydrogens is 398 g/mol. The Bertz CT molecular complexity index is 954. The maximum Gasteiger partial charge on any atom is 0.242 e.